The summed E-state index contributed by atoms with van der Waals surface area (Å²) in [6.07, 6.45) is 0. The molecule has 2 aromatic carbocycles. The Morgan fingerprint density at radius 1 is 0.765 bits per heavy atom. The third-order valence-corrected chi connectivity index (χ3v) is 3.02. The Morgan fingerprint density at radius 2 is 1.53 bits per heavy atom. The molecule has 0 amide bonds. The normalized spacial score (nSPS) is 10.6. The molecule has 1 nitrogen and oxygen atoms in total. The Balaban J connectivity index is 2.22. The van der Waals surface area contributed by atoms with E-state index in [4.69, 9.17) is 4.98 Å². The topological polar surface area (TPSA) is 12.9 Å². The molecule has 0 bridgehead atoms. The first-order chi connectivity index (χ1) is 8.34. The maximum absolute atomic E-state index is 4.71. The maximum Gasteiger partial charge on any atom is 0.0712 e. The van der Waals surface area contributed by atoms with Gasteiger partial charge in [-0.3, -0.25) is 0 Å². The Labute approximate surface area is 101 Å². The lowest BCUT2D eigenvalue weighted by molar-refractivity contribution is 1.36. The highest BCUT2D eigenvalue weighted by Crippen LogP contribution is 2.23. The molecule has 1 aromatic heterocycles. The molecule has 0 aliphatic heterocycles. The number of hydrogen-bond acceptors (Lipinski definition) is 1. The fourth-order valence-corrected chi connectivity index (χ4v) is 2.08. The molecular weight excluding hydrogens is 206 g/mol. The Bertz CT molecular complexity index is 671. The molecule has 0 fully saturated rings. The Hall–Kier alpha value is -2.15. The number of pyridine rings is 1. The van der Waals surface area contributed by atoms with Gasteiger partial charge in [0.2, 0.25) is 0 Å². The molecule has 3 rings (SSSR count). The number of fused-ring (bicyclic) bond motifs is 1. The van der Waals surface area contributed by atoms with Crippen LogP contribution >= 0.6 is 0 Å². The molecule has 0 N–H and O–H groups in total. The zero-order chi connectivity index (χ0) is 11.7. The maximum atomic E-state index is 4.71. The zero-order valence-electron chi connectivity index (χ0n) is 9.72. The van der Waals surface area contributed by atoms with Gasteiger partial charge in [-0.15, -0.1) is 0 Å². The van der Waals surface area contributed by atoms with E-state index in [2.05, 4.69) is 55.5 Å². The zero-order valence-corrected chi connectivity index (χ0v) is 9.72. The van der Waals surface area contributed by atoms with E-state index in [1.165, 1.54) is 16.5 Å². The number of para-hydroxylation sites is 1. The number of hydrogen-bond donors (Lipinski definition) is 0. The summed E-state index contributed by atoms with van der Waals surface area (Å²) in [4.78, 5) is 4.71. The average Bonchev–Trinajstić information content (AvgIpc) is 2.39. The minimum Gasteiger partial charge on any atom is -0.248 e. The van der Waals surface area contributed by atoms with Crippen LogP contribution in [0.15, 0.2) is 60.7 Å². The summed E-state index contributed by atoms with van der Waals surface area (Å²) in [7, 11) is 0. The molecule has 0 spiro atoms. The molecule has 0 saturated heterocycles. The lowest BCUT2D eigenvalue weighted by Gasteiger charge is -2.06. The van der Waals surface area contributed by atoms with Crippen LogP contribution in [0.1, 0.15) is 5.56 Å². The average molecular weight is 219 g/mol. The molecule has 17 heavy (non-hydrogen) atoms. The summed E-state index contributed by atoms with van der Waals surface area (Å²) in [5.74, 6) is 0. The Kier molecular flexibility index (Phi) is 2.37. The van der Waals surface area contributed by atoms with Crippen LogP contribution in [0.2, 0.25) is 0 Å². The number of aryl methyl sites for hydroxylation is 1. The van der Waals surface area contributed by atoms with Crippen LogP contribution in [0.25, 0.3) is 22.2 Å². The fraction of sp³-hybridized carbons (Fsp3) is 0.0625. The van der Waals surface area contributed by atoms with Gasteiger partial charge in [-0.1, -0.05) is 48.5 Å². The minimum absolute atomic E-state index is 1.04. The molecule has 0 atom stereocenters. The van der Waals surface area contributed by atoms with Gasteiger partial charge in [0.25, 0.3) is 0 Å². The number of nitrogens with zero attached hydrogens (tertiary/aromatic N) is 1. The van der Waals surface area contributed by atoms with E-state index in [-0.39, 0.29) is 0 Å². The predicted molar refractivity (Wildman–Crippen MR) is 71.9 cm³/mol. The highest BCUT2D eigenvalue weighted by atomic mass is 14.7. The van der Waals surface area contributed by atoms with Gasteiger partial charge < -0.3 is 0 Å². The third kappa shape index (κ3) is 1.80. The van der Waals surface area contributed by atoms with E-state index in [1.54, 1.807) is 0 Å². The van der Waals surface area contributed by atoms with Gasteiger partial charge in [0.1, 0.15) is 0 Å². The quantitative estimate of drug-likeness (QED) is 0.597. The summed E-state index contributed by atoms with van der Waals surface area (Å²) >= 11 is 0. The van der Waals surface area contributed by atoms with Crippen molar-refractivity contribution >= 4 is 10.9 Å². The number of benzene rings is 2. The lowest BCUT2D eigenvalue weighted by Crippen LogP contribution is -1.87. The van der Waals surface area contributed by atoms with Crippen molar-refractivity contribution in [1.29, 1.82) is 0 Å². The molecule has 1 heterocycles. The number of aromatic nitrogens is 1. The van der Waals surface area contributed by atoms with Crippen LogP contribution in [0.5, 0.6) is 0 Å². The van der Waals surface area contributed by atoms with Gasteiger partial charge in [-0.25, -0.2) is 4.98 Å². The monoisotopic (exact) mass is 219 g/mol. The highest BCUT2D eigenvalue weighted by molar-refractivity contribution is 5.81. The van der Waals surface area contributed by atoms with Crippen molar-refractivity contribution in [3.05, 3.63) is 66.2 Å². The molecule has 0 radical (unpaired) electrons. The summed E-state index contributed by atoms with van der Waals surface area (Å²) in [5.41, 5.74) is 4.56. The van der Waals surface area contributed by atoms with E-state index < -0.39 is 0 Å². The van der Waals surface area contributed by atoms with Crippen LogP contribution in [-0.2, 0) is 0 Å². The van der Waals surface area contributed by atoms with Crippen molar-refractivity contribution in [2.24, 2.45) is 0 Å². The molecule has 1 heteroatoms. The molecule has 3 aromatic rings. The first-order valence-corrected chi connectivity index (χ1v) is 5.76. The van der Waals surface area contributed by atoms with Gasteiger partial charge >= 0.3 is 0 Å². The summed E-state index contributed by atoms with van der Waals surface area (Å²) in [6, 6.07) is 20.8. The second-order valence-corrected chi connectivity index (χ2v) is 4.20. The van der Waals surface area contributed by atoms with Crippen LogP contribution < -0.4 is 0 Å². The fourth-order valence-electron chi connectivity index (χ4n) is 2.08. The second-order valence-electron chi connectivity index (χ2n) is 4.20. The van der Waals surface area contributed by atoms with Crippen molar-refractivity contribution < 1.29 is 0 Å². The summed E-state index contributed by atoms with van der Waals surface area (Å²) < 4.78 is 0. The number of rotatable bonds is 1. The van der Waals surface area contributed by atoms with E-state index in [1.807, 2.05) is 12.1 Å². The van der Waals surface area contributed by atoms with Crippen LogP contribution in [0.4, 0.5) is 0 Å². The molecular formula is C16H13N. The summed E-state index contributed by atoms with van der Waals surface area (Å²) in [5, 5.41) is 1.19. The van der Waals surface area contributed by atoms with Crippen LogP contribution in [-0.4, -0.2) is 4.98 Å². The van der Waals surface area contributed by atoms with Gasteiger partial charge in [0, 0.05) is 10.9 Å². The van der Waals surface area contributed by atoms with E-state index in [0.717, 1.165) is 11.2 Å². The molecule has 0 aliphatic rings. The van der Waals surface area contributed by atoms with Crippen LogP contribution in [0.3, 0.4) is 0 Å². The first kappa shape index (κ1) is 10.0. The Morgan fingerprint density at radius 3 is 2.41 bits per heavy atom. The van der Waals surface area contributed by atoms with Crippen molar-refractivity contribution in [1.82, 2.24) is 4.98 Å². The molecule has 0 saturated carbocycles. The van der Waals surface area contributed by atoms with E-state index >= 15 is 0 Å². The highest BCUT2D eigenvalue weighted by Gasteiger charge is 2.03. The lowest BCUT2D eigenvalue weighted by atomic mass is 10.0. The summed E-state index contributed by atoms with van der Waals surface area (Å²) in [6.45, 7) is 2.12. The van der Waals surface area contributed by atoms with Crippen molar-refractivity contribution in [3.8, 4) is 11.3 Å². The predicted octanol–water partition coefficient (Wildman–Crippen LogP) is 4.21. The van der Waals surface area contributed by atoms with Crippen LogP contribution in [0, 0.1) is 6.92 Å². The van der Waals surface area contributed by atoms with E-state index in [0.29, 0.717) is 0 Å². The van der Waals surface area contributed by atoms with Gasteiger partial charge in [0.15, 0.2) is 0 Å². The standard InChI is InChI=1S/C16H13N/c1-12-6-2-4-8-14(12)16-11-10-13-7-3-5-9-15(13)17-16/h2-11H,1H3. The van der Waals surface area contributed by atoms with Crippen molar-refractivity contribution in [2.75, 3.05) is 0 Å². The molecule has 0 aliphatic carbocycles. The first-order valence-electron chi connectivity index (χ1n) is 5.76. The van der Waals surface area contributed by atoms with Crippen molar-refractivity contribution in [2.45, 2.75) is 6.92 Å². The molecule has 0 unspecified atom stereocenters. The van der Waals surface area contributed by atoms with Gasteiger partial charge in [0.05, 0.1) is 11.2 Å². The SMILES string of the molecule is Cc1ccccc1-c1ccc2ccccc2n1. The molecule has 82 valence electrons. The third-order valence-electron chi connectivity index (χ3n) is 3.02. The smallest absolute Gasteiger partial charge is 0.0712 e. The van der Waals surface area contributed by atoms with Crippen molar-refractivity contribution in [3.63, 3.8) is 0 Å². The second kappa shape index (κ2) is 4.02. The van der Waals surface area contributed by atoms with E-state index in [9.17, 15) is 0 Å². The van der Waals surface area contributed by atoms with Gasteiger partial charge in [-0.2, -0.15) is 0 Å². The largest absolute Gasteiger partial charge is 0.248 e. The minimum atomic E-state index is 1.04. The van der Waals surface area contributed by atoms with Gasteiger partial charge in [-0.05, 0) is 24.6 Å².